The highest BCUT2D eigenvalue weighted by molar-refractivity contribution is 5.79. The lowest BCUT2D eigenvalue weighted by molar-refractivity contribution is 0.0601. The summed E-state index contributed by atoms with van der Waals surface area (Å²) in [7, 11) is 0. The molecule has 7 heteroatoms. The van der Waals surface area contributed by atoms with Crippen molar-refractivity contribution in [3.8, 4) is 5.75 Å². The summed E-state index contributed by atoms with van der Waals surface area (Å²) in [6.45, 7) is 9.47. The SMILES string of the molecule is CCNC(=NCc1ccc(OCc2ccccn2)cc1)NCC(C)(O)c1cc(C)oc1C. The van der Waals surface area contributed by atoms with E-state index in [1.165, 1.54) is 0 Å². The summed E-state index contributed by atoms with van der Waals surface area (Å²) < 4.78 is 11.3. The van der Waals surface area contributed by atoms with Crippen LogP contribution >= 0.6 is 0 Å². The molecule has 2 aromatic heterocycles. The predicted molar refractivity (Wildman–Crippen MR) is 126 cm³/mol. The Bertz CT molecular complexity index is 1010. The van der Waals surface area contributed by atoms with Gasteiger partial charge in [-0.15, -0.1) is 0 Å². The van der Waals surface area contributed by atoms with Crippen LogP contribution in [-0.2, 0) is 18.8 Å². The van der Waals surface area contributed by atoms with Crippen molar-refractivity contribution in [1.29, 1.82) is 0 Å². The zero-order chi connectivity index (χ0) is 23.0. The number of aryl methyl sites for hydroxylation is 2. The summed E-state index contributed by atoms with van der Waals surface area (Å²) in [5, 5.41) is 17.4. The van der Waals surface area contributed by atoms with Gasteiger partial charge in [0.1, 0.15) is 29.5 Å². The second kappa shape index (κ2) is 10.8. The topological polar surface area (TPSA) is 91.9 Å². The predicted octanol–water partition coefficient (Wildman–Crippen LogP) is 3.83. The number of aliphatic imine (C=N–C) groups is 1. The van der Waals surface area contributed by atoms with Crippen LogP contribution in [0.2, 0.25) is 0 Å². The second-order valence-corrected chi connectivity index (χ2v) is 7.90. The lowest BCUT2D eigenvalue weighted by Crippen LogP contribution is -2.44. The van der Waals surface area contributed by atoms with Gasteiger partial charge >= 0.3 is 0 Å². The van der Waals surface area contributed by atoms with Crippen LogP contribution in [0.5, 0.6) is 5.75 Å². The Labute approximate surface area is 189 Å². The van der Waals surface area contributed by atoms with Crippen molar-refractivity contribution in [3.05, 3.63) is 83.1 Å². The highest BCUT2D eigenvalue weighted by Gasteiger charge is 2.27. The zero-order valence-electron chi connectivity index (χ0n) is 19.2. The molecule has 2 heterocycles. The summed E-state index contributed by atoms with van der Waals surface area (Å²) in [5.74, 6) is 2.93. The summed E-state index contributed by atoms with van der Waals surface area (Å²) in [6.07, 6.45) is 1.76. The number of furan rings is 1. The molecule has 3 N–H and O–H groups in total. The Morgan fingerprint density at radius 1 is 1.16 bits per heavy atom. The molecule has 0 amide bonds. The maximum absolute atomic E-state index is 10.9. The molecule has 1 atom stereocenters. The van der Waals surface area contributed by atoms with Crippen molar-refractivity contribution in [3.63, 3.8) is 0 Å². The Hall–Kier alpha value is -3.32. The van der Waals surface area contributed by atoms with Crippen LogP contribution in [0, 0.1) is 13.8 Å². The van der Waals surface area contributed by atoms with E-state index in [1.807, 2.05) is 69.3 Å². The van der Waals surface area contributed by atoms with Gasteiger partial charge in [0, 0.05) is 18.3 Å². The van der Waals surface area contributed by atoms with Crippen LogP contribution in [0.4, 0.5) is 0 Å². The first-order chi connectivity index (χ1) is 15.4. The van der Waals surface area contributed by atoms with Crippen molar-refractivity contribution >= 4 is 5.96 Å². The minimum atomic E-state index is -1.08. The first kappa shape index (κ1) is 23.3. The van der Waals surface area contributed by atoms with E-state index in [0.717, 1.165) is 40.6 Å². The van der Waals surface area contributed by atoms with E-state index in [4.69, 9.17) is 9.15 Å². The van der Waals surface area contributed by atoms with Gasteiger partial charge in [-0.25, -0.2) is 4.99 Å². The Balaban J connectivity index is 1.56. The number of ether oxygens (including phenoxy) is 1. The third-order valence-corrected chi connectivity index (χ3v) is 5.02. The van der Waals surface area contributed by atoms with Gasteiger partial charge in [0.05, 0.1) is 18.8 Å². The molecule has 0 bridgehead atoms. The molecule has 0 saturated carbocycles. The minimum Gasteiger partial charge on any atom is -0.487 e. The molecular formula is C25H32N4O3. The number of hydrogen-bond donors (Lipinski definition) is 3. The monoisotopic (exact) mass is 436 g/mol. The van der Waals surface area contributed by atoms with Gasteiger partial charge in [-0.1, -0.05) is 18.2 Å². The summed E-state index contributed by atoms with van der Waals surface area (Å²) in [6, 6.07) is 15.5. The molecule has 0 aliphatic heterocycles. The Morgan fingerprint density at radius 2 is 1.94 bits per heavy atom. The van der Waals surface area contributed by atoms with Gasteiger partial charge in [0.25, 0.3) is 0 Å². The first-order valence-electron chi connectivity index (χ1n) is 10.8. The molecule has 1 aromatic carbocycles. The van der Waals surface area contributed by atoms with E-state index in [1.54, 1.807) is 13.1 Å². The molecule has 3 rings (SSSR count). The second-order valence-electron chi connectivity index (χ2n) is 7.90. The van der Waals surface area contributed by atoms with E-state index in [9.17, 15) is 5.11 Å². The number of aliphatic hydroxyl groups is 1. The summed E-state index contributed by atoms with van der Waals surface area (Å²) >= 11 is 0. The fourth-order valence-corrected chi connectivity index (χ4v) is 3.36. The molecule has 170 valence electrons. The number of nitrogens with zero attached hydrogens (tertiary/aromatic N) is 2. The molecule has 7 nitrogen and oxygen atoms in total. The summed E-state index contributed by atoms with van der Waals surface area (Å²) in [5.41, 5.74) is 1.64. The fourth-order valence-electron chi connectivity index (χ4n) is 3.36. The van der Waals surface area contributed by atoms with Gasteiger partial charge in [-0.2, -0.15) is 0 Å². The van der Waals surface area contributed by atoms with Gasteiger partial charge < -0.3 is 24.9 Å². The maximum atomic E-state index is 10.9. The first-order valence-corrected chi connectivity index (χ1v) is 10.8. The van der Waals surface area contributed by atoms with E-state index >= 15 is 0 Å². The highest BCUT2D eigenvalue weighted by atomic mass is 16.5. The number of pyridine rings is 1. The van der Waals surface area contributed by atoms with E-state index < -0.39 is 5.60 Å². The lowest BCUT2D eigenvalue weighted by atomic mass is 9.96. The van der Waals surface area contributed by atoms with Crippen LogP contribution in [0.25, 0.3) is 0 Å². The molecule has 3 aromatic rings. The molecule has 0 radical (unpaired) electrons. The zero-order valence-corrected chi connectivity index (χ0v) is 19.2. The standard InChI is InChI=1S/C25H32N4O3/c1-5-26-24(29-17-25(4,30)23-14-18(2)32-19(23)3)28-15-20-9-11-22(12-10-20)31-16-21-8-6-7-13-27-21/h6-14,30H,5,15-17H2,1-4H3,(H2,26,28,29). The van der Waals surface area contributed by atoms with Crippen molar-refractivity contribution in [2.24, 2.45) is 4.99 Å². The number of guanidine groups is 1. The van der Waals surface area contributed by atoms with Gasteiger partial charge in [-0.05, 0) is 63.6 Å². The van der Waals surface area contributed by atoms with E-state index in [-0.39, 0.29) is 0 Å². The van der Waals surface area contributed by atoms with Crippen molar-refractivity contribution in [2.75, 3.05) is 13.1 Å². The maximum Gasteiger partial charge on any atom is 0.191 e. The molecule has 32 heavy (non-hydrogen) atoms. The van der Waals surface area contributed by atoms with Crippen molar-refractivity contribution in [1.82, 2.24) is 15.6 Å². The van der Waals surface area contributed by atoms with Gasteiger partial charge in [0.2, 0.25) is 0 Å². The van der Waals surface area contributed by atoms with E-state index in [0.29, 0.717) is 25.7 Å². The van der Waals surface area contributed by atoms with Crippen LogP contribution in [0.15, 0.2) is 64.1 Å². The number of aromatic nitrogens is 1. The minimum absolute atomic E-state index is 0.305. The molecule has 0 saturated heterocycles. The van der Waals surface area contributed by atoms with Gasteiger partial charge in [0.15, 0.2) is 5.96 Å². The van der Waals surface area contributed by atoms with E-state index in [2.05, 4.69) is 20.6 Å². The van der Waals surface area contributed by atoms with Crippen molar-refractivity contribution < 1.29 is 14.3 Å². The normalized spacial score (nSPS) is 13.5. The van der Waals surface area contributed by atoms with Gasteiger partial charge in [-0.3, -0.25) is 4.98 Å². The van der Waals surface area contributed by atoms with Crippen molar-refractivity contribution in [2.45, 2.75) is 46.4 Å². The average Bonchev–Trinajstić information content (AvgIpc) is 3.14. The van der Waals surface area contributed by atoms with Crippen LogP contribution < -0.4 is 15.4 Å². The molecule has 1 unspecified atom stereocenters. The number of rotatable bonds is 9. The number of nitrogens with one attached hydrogen (secondary N) is 2. The molecule has 0 aliphatic carbocycles. The molecule has 0 fully saturated rings. The third-order valence-electron chi connectivity index (χ3n) is 5.02. The number of benzene rings is 1. The molecule has 0 aliphatic rings. The summed E-state index contributed by atoms with van der Waals surface area (Å²) in [4.78, 5) is 8.90. The molecular weight excluding hydrogens is 404 g/mol. The Morgan fingerprint density at radius 3 is 2.56 bits per heavy atom. The van der Waals surface area contributed by atoms with Crippen LogP contribution in [-0.4, -0.2) is 29.1 Å². The third kappa shape index (κ3) is 6.59. The average molecular weight is 437 g/mol. The quantitative estimate of drug-likeness (QED) is 0.349. The van der Waals surface area contributed by atoms with Crippen LogP contribution in [0.3, 0.4) is 0 Å². The molecule has 0 spiro atoms. The Kier molecular flexibility index (Phi) is 7.89. The fraction of sp³-hybridized carbons (Fsp3) is 0.360. The van der Waals surface area contributed by atoms with Crippen LogP contribution in [0.1, 0.15) is 42.2 Å². The lowest BCUT2D eigenvalue weighted by Gasteiger charge is -2.24. The number of hydrogen-bond acceptors (Lipinski definition) is 5. The largest absolute Gasteiger partial charge is 0.487 e. The highest BCUT2D eigenvalue weighted by Crippen LogP contribution is 2.26. The smallest absolute Gasteiger partial charge is 0.191 e.